The average molecular weight is 236 g/mol. The molecule has 2 aromatic carbocycles. The molecule has 0 spiro atoms. The van der Waals surface area contributed by atoms with Crippen molar-refractivity contribution in [2.75, 3.05) is 0 Å². The van der Waals surface area contributed by atoms with Gasteiger partial charge in [-0.15, -0.1) is 0 Å². The quantitative estimate of drug-likeness (QED) is 0.725. The van der Waals surface area contributed by atoms with Crippen LogP contribution in [0.25, 0.3) is 0 Å². The highest BCUT2D eigenvalue weighted by molar-refractivity contribution is 6.33. The van der Waals surface area contributed by atoms with Crippen LogP contribution in [0.2, 0.25) is 10.0 Å². The van der Waals surface area contributed by atoms with Crippen LogP contribution in [0.4, 0.5) is 0 Å². The first kappa shape index (κ1) is 10.5. The third-order valence-corrected chi connectivity index (χ3v) is 2.77. The summed E-state index contributed by atoms with van der Waals surface area (Å²) in [6, 6.07) is 16.5. The van der Waals surface area contributed by atoms with Gasteiger partial charge >= 0.3 is 0 Å². The number of rotatable bonds is 2. The van der Waals surface area contributed by atoms with Gasteiger partial charge in [0.1, 0.15) is 0 Å². The summed E-state index contributed by atoms with van der Waals surface area (Å²) >= 11 is 12.0. The zero-order valence-corrected chi connectivity index (χ0v) is 9.52. The van der Waals surface area contributed by atoms with Crippen molar-refractivity contribution in [3.05, 3.63) is 69.7 Å². The Morgan fingerprint density at radius 1 is 1.07 bits per heavy atom. The fourth-order valence-electron chi connectivity index (χ4n) is 1.42. The van der Waals surface area contributed by atoms with Crippen molar-refractivity contribution < 1.29 is 0 Å². The first-order valence-corrected chi connectivity index (χ1v) is 5.41. The second-order valence-electron chi connectivity index (χ2n) is 3.30. The molecule has 0 aromatic heterocycles. The highest BCUT2D eigenvalue weighted by atomic mass is 35.5. The minimum Gasteiger partial charge on any atom is -0.0843 e. The van der Waals surface area contributed by atoms with E-state index in [0.717, 1.165) is 22.6 Å². The largest absolute Gasteiger partial charge is 0.0843 e. The Morgan fingerprint density at radius 3 is 2.67 bits per heavy atom. The molecule has 0 nitrogen and oxygen atoms in total. The lowest BCUT2D eigenvalue weighted by Crippen LogP contribution is -1.89. The van der Waals surface area contributed by atoms with E-state index in [2.05, 4.69) is 6.07 Å². The molecule has 0 amide bonds. The van der Waals surface area contributed by atoms with Crippen molar-refractivity contribution in [2.24, 2.45) is 0 Å². The number of benzene rings is 2. The predicted molar refractivity (Wildman–Crippen MR) is 64.5 cm³/mol. The van der Waals surface area contributed by atoms with Crippen LogP contribution in [-0.4, -0.2) is 0 Å². The van der Waals surface area contributed by atoms with Crippen LogP contribution in [0, 0.1) is 6.07 Å². The van der Waals surface area contributed by atoms with E-state index < -0.39 is 0 Å². The molecule has 0 atom stereocenters. The standard InChI is InChI=1S/C13H9Cl2/c14-12-6-7-13(15)11(9-12)8-10-4-2-1-3-5-10/h1-4,6-7,9H,8H2. The van der Waals surface area contributed by atoms with Gasteiger partial charge in [0.05, 0.1) is 0 Å². The summed E-state index contributed by atoms with van der Waals surface area (Å²) in [7, 11) is 0. The van der Waals surface area contributed by atoms with Crippen molar-refractivity contribution >= 4 is 23.2 Å². The monoisotopic (exact) mass is 235 g/mol. The molecular weight excluding hydrogens is 227 g/mol. The molecule has 0 unspecified atom stereocenters. The SMILES string of the molecule is Clc1ccc(Cl)c(Cc2[c]cccc2)c1. The Bertz CT molecular complexity index is 449. The summed E-state index contributed by atoms with van der Waals surface area (Å²) in [6.45, 7) is 0. The molecule has 0 N–H and O–H groups in total. The maximum atomic E-state index is 6.07. The zero-order valence-electron chi connectivity index (χ0n) is 8.00. The van der Waals surface area contributed by atoms with Crippen LogP contribution in [0.1, 0.15) is 11.1 Å². The highest BCUT2D eigenvalue weighted by Gasteiger charge is 2.02. The van der Waals surface area contributed by atoms with Gasteiger partial charge in [0.15, 0.2) is 0 Å². The molecule has 0 fully saturated rings. The molecule has 2 heteroatoms. The lowest BCUT2D eigenvalue weighted by molar-refractivity contribution is 1.19. The van der Waals surface area contributed by atoms with Gasteiger partial charge in [-0.05, 0) is 41.8 Å². The van der Waals surface area contributed by atoms with Crippen LogP contribution in [0.5, 0.6) is 0 Å². The maximum absolute atomic E-state index is 6.07. The predicted octanol–water partition coefficient (Wildman–Crippen LogP) is 4.38. The van der Waals surface area contributed by atoms with Crippen molar-refractivity contribution in [1.82, 2.24) is 0 Å². The van der Waals surface area contributed by atoms with E-state index in [1.807, 2.05) is 36.4 Å². The topological polar surface area (TPSA) is 0 Å². The van der Waals surface area contributed by atoms with Gasteiger partial charge in [0.25, 0.3) is 0 Å². The van der Waals surface area contributed by atoms with Crippen LogP contribution in [0.15, 0.2) is 42.5 Å². The lowest BCUT2D eigenvalue weighted by atomic mass is 10.1. The van der Waals surface area contributed by atoms with Gasteiger partial charge < -0.3 is 0 Å². The first-order valence-electron chi connectivity index (χ1n) is 4.65. The highest BCUT2D eigenvalue weighted by Crippen LogP contribution is 2.22. The van der Waals surface area contributed by atoms with E-state index in [1.54, 1.807) is 6.07 Å². The van der Waals surface area contributed by atoms with E-state index in [4.69, 9.17) is 23.2 Å². The van der Waals surface area contributed by atoms with E-state index in [-0.39, 0.29) is 0 Å². The first-order chi connectivity index (χ1) is 7.25. The second-order valence-corrected chi connectivity index (χ2v) is 4.14. The fraction of sp³-hybridized carbons (Fsp3) is 0.0769. The summed E-state index contributed by atoms with van der Waals surface area (Å²) in [6.07, 6.45) is 0.764. The van der Waals surface area contributed by atoms with E-state index in [9.17, 15) is 0 Å². The molecule has 0 aliphatic heterocycles. The van der Waals surface area contributed by atoms with Gasteiger partial charge in [-0.2, -0.15) is 0 Å². The zero-order chi connectivity index (χ0) is 10.7. The van der Waals surface area contributed by atoms with Gasteiger partial charge in [-0.3, -0.25) is 0 Å². The summed E-state index contributed by atoms with van der Waals surface area (Å²) in [5, 5.41) is 1.46. The Kier molecular flexibility index (Phi) is 3.30. The van der Waals surface area contributed by atoms with Gasteiger partial charge in [-0.25, -0.2) is 0 Å². The Hall–Kier alpha value is -0.980. The van der Waals surface area contributed by atoms with Gasteiger partial charge in [0, 0.05) is 10.0 Å². The van der Waals surface area contributed by atoms with Crippen molar-refractivity contribution in [3.63, 3.8) is 0 Å². The summed E-state index contributed by atoms with van der Waals surface area (Å²) in [4.78, 5) is 0. The second kappa shape index (κ2) is 4.69. The van der Waals surface area contributed by atoms with E-state index >= 15 is 0 Å². The van der Waals surface area contributed by atoms with Crippen LogP contribution < -0.4 is 0 Å². The number of hydrogen-bond donors (Lipinski definition) is 0. The molecule has 2 aromatic rings. The lowest BCUT2D eigenvalue weighted by Gasteiger charge is -2.04. The Balaban J connectivity index is 2.28. The van der Waals surface area contributed by atoms with Crippen molar-refractivity contribution in [2.45, 2.75) is 6.42 Å². The van der Waals surface area contributed by atoms with Crippen LogP contribution in [0.3, 0.4) is 0 Å². The molecule has 1 radical (unpaired) electrons. The van der Waals surface area contributed by atoms with Crippen molar-refractivity contribution in [1.29, 1.82) is 0 Å². The molecule has 75 valence electrons. The molecule has 0 saturated carbocycles. The van der Waals surface area contributed by atoms with Gasteiger partial charge in [0.2, 0.25) is 0 Å². The molecular formula is C13H9Cl2. The van der Waals surface area contributed by atoms with E-state index in [1.165, 1.54) is 0 Å². The Morgan fingerprint density at radius 2 is 1.93 bits per heavy atom. The number of halogens is 2. The smallest absolute Gasteiger partial charge is 0.0442 e. The molecule has 0 saturated heterocycles. The molecule has 15 heavy (non-hydrogen) atoms. The molecule has 0 bridgehead atoms. The maximum Gasteiger partial charge on any atom is 0.0442 e. The minimum atomic E-state index is 0.713. The van der Waals surface area contributed by atoms with Crippen LogP contribution >= 0.6 is 23.2 Å². The average Bonchev–Trinajstić information content (AvgIpc) is 2.25. The van der Waals surface area contributed by atoms with Gasteiger partial charge in [-0.1, -0.05) is 47.5 Å². The molecule has 0 heterocycles. The van der Waals surface area contributed by atoms with Crippen LogP contribution in [-0.2, 0) is 6.42 Å². The molecule has 0 aliphatic rings. The third kappa shape index (κ3) is 2.74. The Labute approximate surface area is 99.5 Å². The summed E-state index contributed by atoms with van der Waals surface area (Å²) < 4.78 is 0. The number of hydrogen-bond acceptors (Lipinski definition) is 0. The third-order valence-electron chi connectivity index (χ3n) is 2.16. The van der Waals surface area contributed by atoms with E-state index in [0.29, 0.717) is 5.02 Å². The normalized spacial score (nSPS) is 10.3. The summed E-state index contributed by atoms with van der Waals surface area (Å²) in [5.41, 5.74) is 2.15. The fourth-order valence-corrected chi connectivity index (χ4v) is 1.80. The summed E-state index contributed by atoms with van der Waals surface area (Å²) in [5.74, 6) is 0. The van der Waals surface area contributed by atoms with Crippen molar-refractivity contribution in [3.8, 4) is 0 Å². The molecule has 2 rings (SSSR count). The minimum absolute atomic E-state index is 0.713. The molecule has 0 aliphatic carbocycles.